The average molecular weight is 333 g/mol. The van der Waals surface area contributed by atoms with Crippen molar-refractivity contribution in [1.82, 2.24) is 5.32 Å². The van der Waals surface area contributed by atoms with Gasteiger partial charge < -0.3 is 14.8 Å². The van der Waals surface area contributed by atoms with Gasteiger partial charge in [0, 0.05) is 19.4 Å². The normalized spacial score (nSPS) is 11.0. The molecule has 0 bridgehead atoms. The minimum atomic E-state index is -4.54. The molecular weight excluding hydrogens is 315 g/mol. The third-order valence-electron chi connectivity index (χ3n) is 2.83. The topological polar surface area (TPSA) is 64.6 Å². The van der Waals surface area contributed by atoms with E-state index in [0.717, 1.165) is 5.56 Å². The molecule has 0 aromatic heterocycles. The first kappa shape index (κ1) is 18.8. The van der Waals surface area contributed by atoms with Gasteiger partial charge in [0.2, 0.25) is 5.91 Å². The van der Waals surface area contributed by atoms with Crippen LogP contribution < -0.4 is 10.1 Å². The van der Waals surface area contributed by atoms with Gasteiger partial charge in [0.25, 0.3) is 0 Å². The highest BCUT2D eigenvalue weighted by Gasteiger charge is 2.29. The zero-order chi connectivity index (χ0) is 17.3. The second kappa shape index (κ2) is 9.02. The molecule has 0 radical (unpaired) electrons. The minimum Gasteiger partial charge on any atom is -0.497 e. The molecule has 0 unspecified atom stereocenters. The highest BCUT2D eigenvalue weighted by molar-refractivity contribution is 5.77. The van der Waals surface area contributed by atoms with Gasteiger partial charge in [0.05, 0.1) is 7.11 Å². The van der Waals surface area contributed by atoms with Gasteiger partial charge in [-0.05, 0) is 24.1 Å². The van der Waals surface area contributed by atoms with Crippen molar-refractivity contribution >= 4 is 11.9 Å². The van der Waals surface area contributed by atoms with Gasteiger partial charge in [-0.2, -0.15) is 13.2 Å². The second-order valence-electron chi connectivity index (χ2n) is 4.75. The van der Waals surface area contributed by atoms with E-state index in [0.29, 0.717) is 12.3 Å². The van der Waals surface area contributed by atoms with Crippen LogP contribution in [0.1, 0.15) is 24.8 Å². The van der Waals surface area contributed by atoms with Gasteiger partial charge in [0.15, 0.2) is 6.61 Å². The van der Waals surface area contributed by atoms with Crippen molar-refractivity contribution in [1.29, 1.82) is 0 Å². The van der Waals surface area contributed by atoms with Crippen LogP contribution in [0.3, 0.4) is 0 Å². The van der Waals surface area contributed by atoms with E-state index in [1.54, 1.807) is 31.4 Å². The maximum atomic E-state index is 11.8. The molecule has 23 heavy (non-hydrogen) atoms. The molecule has 1 aromatic carbocycles. The van der Waals surface area contributed by atoms with Crippen LogP contribution >= 0.6 is 0 Å². The largest absolute Gasteiger partial charge is 0.497 e. The Morgan fingerprint density at radius 1 is 1.13 bits per heavy atom. The van der Waals surface area contributed by atoms with E-state index in [2.05, 4.69) is 10.1 Å². The number of amides is 1. The van der Waals surface area contributed by atoms with Gasteiger partial charge in [-0.1, -0.05) is 12.1 Å². The predicted octanol–water partition coefficient (Wildman–Crippen LogP) is 2.59. The number of hydrogen-bond acceptors (Lipinski definition) is 4. The van der Waals surface area contributed by atoms with Crippen molar-refractivity contribution in [2.45, 2.75) is 32.0 Å². The zero-order valence-electron chi connectivity index (χ0n) is 12.6. The van der Waals surface area contributed by atoms with Crippen LogP contribution in [0, 0.1) is 0 Å². The van der Waals surface area contributed by atoms with Crippen molar-refractivity contribution < 1.29 is 32.2 Å². The molecule has 0 fully saturated rings. The average Bonchev–Trinajstić information content (AvgIpc) is 2.51. The molecular formula is C15H18F3NO4. The summed E-state index contributed by atoms with van der Waals surface area (Å²) in [4.78, 5) is 22.6. The van der Waals surface area contributed by atoms with E-state index in [4.69, 9.17) is 4.74 Å². The number of carbonyl (C=O) groups excluding carboxylic acids is 2. The number of esters is 1. The van der Waals surface area contributed by atoms with Crippen molar-refractivity contribution in [3.63, 3.8) is 0 Å². The monoisotopic (exact) mass is 333 g/mol. The number of benzene rings is 1. The first-order valence-electron chi connectivity index (χ1n) is 6.92. The lowest BCUT2D eigenvalue weighted by Crippen LogP contribution is -2.23. The van der Waals surface area contributed by atoms with Crippen LogP contribution in [0.25, 0.3) is 0 Å². The fourth-order valence-electron chi connectivity index (χ4n) is 1.66. The molecule has 0 aliphatic heterocycles. The summed E-state index contributed by atoms with van der Waals surface area (Å²) in [6.45, 7) is -1.28. The smallest absolute Gasteiger partial charge is 0.422 e. The van der Waals surface area contributed by atoms with Gasteiger partial charge in [0.1, 0.15) is 5.75 Å². The Balaban J connectivity index is 2.17. The molecule has 0 aliphatic carbocycles. The summed E-state index contributed by atoms with van der Waals surface area (Å²) in [6.07, 6.45) is -4.60. The van der Waals surface area contributed by atoms with Gasteiger partial charge in [-0.25, -0.2) is 0 Å². The molecule has 0 heterocycles. The van der Waals surface area contributed by atoms with Crippen LogP contribution in [0.4, 0.5) is 13.2 Å². The molecule has 0 aliphatic rings. The van der Waals surface area contributed by atoms with Gasteiger partial charge in [-0.3, -0.25) is 9.59 Å². The van der Waals surface area contributed by atoms with E-state index in [1.165, 1.54) is 0 Å². The molecule has 1 N–H and O–H groups in total. The summed E-state index contributed by atoms with van der Waals surface area (Å²) in [6, 6.07) is 7.12. The Hall–Kier alpha value is -2.25. The van der Waals surface area contributed by atoms with E-state index < -0.39 is 18.8 Å². The lowest BCUT2D eigenvalue weighted by atomic mass is 10.2. The lowest BCUT2D eigenvalue weighted by molar-refractivity contribution is -0.186. The highest BCUT2D eigenvalue weighted by atomic mass is 19.4. The first-order chi connectivity index (χ1) is 10.8. The third-order valence-corrected chi connectivity index (χ3v) is 2.83. The van der Waals surface area contributed by atoms with Crippen molar-refractivity contribution in [2.75, 3.05) is 13.7 Å². The summed E-state index contributed by atoms with van der Waals surface area (Å²) < 4.78 is 44.5. The number of alkyl halides is 3. The zero-order valence-corrected chi connectivity index (χ0v) is 12.6. The van der Waals surface area contributed by atoms with E-state index >= 15 is 0 Å². The molecule has 1 amide bonds. The Labute approximate surface area is 131 Å². The molecule has 8 heteroatoms. The number of nitrogens with one attached hydrogen (secondary N) is 1. The molecule has 0 spiro atoms. The van der Waals surface area contributed by atoms with Crippen LogP contribution in [0.5, 0.6) is 5.75 Å². The number of methoxy groups -OCH3 is 1. The SMILES string of the molecule is COc1ccc(CNC(=O)CCCC(=O)OCC(F)(F)F)cc1. The first-order valence-corrected chi connectivity index (χ1v) is 6.92. The fourth-order valence-corrected chi connectivity index (χ4v) is 1.66. The van der Waals surface area contributed by atoms with E-state index in [-0.39, 0.29) is 25.2 Å². The lowest BCUT2D eigenvalue weighted by Gasteiger charge is -2.08. The second-order valence-corrected chi connectivity index (χ2v) is 4.75. The number of ether oxygens (including phenoxy) is 2. The summed E-state index contributed by atoms with van der Waals surface area (Å²) >= 11 is 0. The third kappa shape index (κ3) is 8.70. The number of hydrogen-bond donors (Lipinski definition) is 1. The number of rotatable bonds is 8. The number of carbonyl (C=O) groups is 2. The number of halogens is 3. The maximum absolute atomic E-state index is 11.8. The quantitative estimate of drug-likeness (QED) is 0.743. The van der Waals surface area contributed by atoms with Crippen LogP contribution in [-0.2, 0) is 20.9 Å². The van der Waals surface area contributed by atoms with Gasteiger partial charge in [-0.15, -0.1) is 0 Å². The molecule has 0 saturated carbocycles. The summed E-state index contributed by atoms with van der Waals surface area (Å²) in [7, 11) is 1.55. The highest BCUT2D eigenvalue weighted by Crippen LogP contribution is 2.15. The standard InChI is InChI=1S/C15H18F3NO4/c1-22-12-7-5-11(6-8-12)9-19-13(20)3-2-4-14(21)23-10-15(16,17)18/h5-8H,2-4,9-10H2,1H3,(H,19,20). The predicted molar refractivity (Wildman–Crippen MR) is 75.7 cm³/mol. The molecule has 5 nitrogen and oxygen atoms in total. The van der Waals surface area contributed by atoms with Crippen molar-refractivity contribution in [3.05, 3.63) is 29.8 Å². The van der Waals surface area contributed by atoms with Crippen molar-refractivity contribution in [3.8, 4) is 5.75 Å². The van der Waals surface area contributed by atoms with Crippen LogP contribution in [-0.4, -0.2) is 31.8 Å². The van der Waals surface area contributed by atoms with Crippen molar-refractivity contribution in [2.24, 2.45) is 0 Å². The summed E-state index contributed by atoms with van der Waals surface area (Å²) in [5.74, 6) is -0.549. The Kier molecular flexibility index (Phi) is 7.37. The van der Waals surface area contributed by atoms with Crippen LogP contribution in [0.2, 0.25) is 0 Å². The molecule has 128 valence electrons. The van der Waals surface area contributed by atoms with Crippen LogP contribution in [0.15, 0.2) is 24.3 Å². The fraction of sp³-hybridized carbons (Fsp3) is 0.467. The molecule has 1 rings (SSSR count). The molecule has 0 atom stereocenters. The Bertz CT molecular complexity index is 514. The molecule has 0 saturated heterocycles. The Morgan fingerprint density at radius 2 is 1.78 bits per heavy atom. The molecule has 1 aromatic rings. The summed E-state index contributed by atoms with van der Waals surface area (Å²) in [5.41, 5.74) is 0.878. The summed E-state index contributed by atoms with van der Waals surface area (Å²) in [5, 5.41) is 2.65. The van der Waals surface area contributed by atoms with Gasteiger partial charge >= 0.3 is 12.1 Å². The minimum absolute atomic E-state index is 0.0390. The van der Waals surface area contributed by atoms with E-state index in [1.807, 2.05) is 0 Å². The van der Waals surface area contributed by atoms with E-state index in [9.17, 15) is 22.8 Å². The maximum Gasteiger partial charge on any atom is 0.422 e. The Morgan fingerprint density at radius 3 is 2.35 bits per heavy atom.